The fourth-order valence-corrected chi connectivity index (χ4v) is 3.91. The van der Waals surface area contributed by atoms with E-state index in [0.29, 0.717) is 31.6 Å². The second-order valence-electron chi connectivity index (χ2n) is 6.99. The van der Waals surface area contributed by atoms with Crippen LogP contribution in [0.15, 0.2) is 35.3 Å². The molecule has 7 nitrogen and oxygen atoms in total. The number of nitrogens with zero attached hydrogens (tertiary/aromatic N) is 2. The Labute approximate surface area is 163 Å². The first-order chi connectivity index (χ1) is 12.9. The SMILES string of the molecule is CCS(=O)(=O)NCCCNC(=NC)NC1CC(C)N(Cc2ccccc2)C1. The molecule has 0 spiro atoms. The molecule has 0 amide bonds. The number of hydrogen-bond donors (Lipinski definition) is 3. The van der Waals surface area contributed by atoms with Crippen LogP contribution in [0, 0.1) is 0 Å². The summed E-state index contributed by atoms with van der Waals surface area (Å²) in [6, 6.07) is 11.4. The second-order valence-corrected chi connectivity index (χ2v) is 9.09. The minimum absolute atomic E-state index is 0.114. The Hall–Kier alpha value is -1.64. The lowest BCUT2D eigenvalue weighted by Crippen LogP contribution is -2.45. The standard InChI is InChI=1S/C19H33N5O2S/c1-4-27(25,26)22-12-8-11-21-19(20-3)23-18-13-16(2)24(15-18)14-17-9-6-5-7-10-17/h5-7,9-10,16,18,22H,4,8,11-15H2,1-3H3,(H2,20,21,23). The summed E-state index contributed by atoms with van der Waals surface area (Å²) in [5.41, 5.74) is 1.34. The number of benzene rings is 1. The van der Waals surface area contributed by atoms with E-state index in [4.69, 9.17) is 0 Å². The molecule has 2 unspecified atom stereocenters. The van der Waals surface area contributed by atoms with Crippen LogP contribution in [0.3, 0.4) is 0 Å². The number of likely N-dealkylation sites (tertiary alicyclic amines) is 1. The van der Waals surface area contributed by atoms with Crippen LogP contribution in [0.4, 0.5) is 0 Å². The van der Waals surface area contributed by atoms with Crippen molar-refractivity contribution in [3.05, 3.63) is 35.9 Å². The highest BCUT2D eigenvalue weighted by atomic mass is 32.2. The molecule has 0 bridgehead atoms. The maximum Gasteiger partial charge on any atom is 0.211 e. The first-order valence-corrected chi connectivity index (χ1v) is 11.3. The quantitative estimate of drug-likeness (QED) is 0.332. The lowest BCUT2D eigenvalue weighted by atomic mass is 10.2. The summed E-state index contributed by atoms with van der Waals surface area (Å²) >= 11 is 0. The fourth-order valence-electron chi connectivity index (χ4n) is 3.25. The molecule has 0 radical (unpaired) electrons. The van der Waals surface area contributed by atoms with Crippen molar-refractivity contribution >= 4 is 16.0 Å². The Morgan fingerprint density at radius 3 is 2.67 bits per heavy atom. The van der Waals surface area contributed by atoms with Crippen molar-refractivity contribution in [2.75, 3.05) is 32.4 Å². The molecule has 1 fully saturated rings. The van der Waals surface area contributed by atoms with E-state index < -0.39 is 10.0 Å². The highest BCUT2D eigenvalue weighted by Crippen LogP contribution is 2.20. The molecule has 2 rings (SSSR count). The van der Waals surface area contributed by atoms with Gasteiger partial charge >= 0.3 is 0 Å². The molecular weight excluding hydrogens is 362 g/mol. The molecule has 0 saturated carbocycles. The molecule has 3 N–H and O–H groups in total. The zero-order valence-electron chi connectivity index (χ0n) is 16.6. The van der Waals surface area contributed by atoms with Gasteiger partial charge in [0.25, 0.3) is 0 Å². The smallest absolute Gasteiger partial charge is 0.211 e. The number of guanidine groups is 1. The van der Waals surface area contributed by atoms with Crippen LogP contribution in [0.2, 0.25) is 0 Å². The Kier molecular flexibility index (Phi) is 8.53. The summed E-state index contributed by atoms with van der Waals surface area (Å²) < 4.78 is 25.4. The third-order valence-corrected chi connectivity index (χ3v) is 6.25. The highest BCUT2D eigenvalue weighted by Gasteiger charge is 2.29. The van der Waals surface area contributed by atoms with E-state index >= 15 is 0 Å². The fraction of sp³-hybridized carbons (Fsp3) is 0.632. The van der Waals surface area contributed by atoms with Crippen LogP contribution in [-0.4, -0.2) is 63.8 Å². The van der Waals surface area contributed by atoms with Crippen molar-refractivity contribution in [2.24, 2.45) is 4.99 Å². The summed E-state index contributed by atoms with van der Waals surface area (Å²) in [5.74, 6) is 0.885. The monoisotopic (exact) mass is 395 g/mol. The van der Waals surface area contributed by atoms with Gasteiger partial charge in [0.1, 0.15) is 0 Å². The number of nitrogens with one attached hydrogen (secondary N) is 3. The molecule has 1 aliphatic heterocycles. The summed E-state index contributed by atoms with van der Waals surface area (Å²) in [6.45, 7) is 6.95. The Bertz CT molecular complexity index is 693. The van der Waals surface area contributed by atoms with Crippen LogP contribution >= 0.6 is 0 Å². The van der Waals surface area contributed by atoms with Gasteiger partial charge in [0, 0.05) is 45.3 Å². The Morgan fingerprint density at radius 1 is 1.26 bits per heavy atom. The lowest BCUT2D eigenvalue weighted by molar-refractivity contribution is 0.258. The van der Waals surface area contributed by atoms with E-state index in [9.17, 15) is 8.42 Å². The maximum atomic E-state index is 11.4. The average Bonchev–Trinajstić information content (AvgIpc) is 3.00. The van der Waals surface area contributed by atoms with Crippen molar-refractivity contribution in [2.45, 2.75) is 45.3 Å². The van der Waals surface area contributed by atoms with E-state index in [1.807, 2.05) is 6.07 Å². The zero-order chi connectivity index (χ0) is 19.7. The van der Waals surface area contributed by atoms with Crippen molar-refractivity contribution in [1.29, 1.82) is 0 Å². The summed E-state index contributed by atoms with van der Waals surface area (Å²) in [7, 11) is -1.35. The molecule has 0 aromatic heterocycles. The number of hydrogen-bond acceptors (Lipinski definition) is 4. The third kappa shape index (κ3) is 7.48. The van der Waals surface area contributed by atoms with Gasteiger partial charge < -0.3 is 10.6 Å². The molecule has 2 atom stereocenters. The van der Waals surface area contributed by atoms with Gasteiger partial charge in [-0.2, -0.15) is 0 Å². The molecule has 1 saturated heterocycles. The van der Waals surface area contributed by atoms with E-state index in [1.165, 1.54) is 5.56 Å². The van der Waals surface area contributed by atoms with Gasteiger partial charge in [0.15, 0.2) is 5.96 Å². The summed E-state index contributed by atoms with van der Waals surface area (Å²) in [5, 5.41) is 6.75. The van der Waals surface area contributed by atoms with Gasteiger partial charge in [-0.1, -0.05) is 30.3 Å². The van der Waals surface area contributed by atoms with Crippen LogP contribution in [0.1, 0.15) is 32.3 Å². The van der Waals surface area contributed by atoms with Gasteiger partial charge in [0.2, 0.25) is 10.0 Å². The minimum atomic E-state index is -3.11. The highest BCUT2D eigenvalue weighted by molar-refractivity contribution is 7.89. The first-order valence-electron chi connectivity index (χ1n) is 9.66. The minimum Gasteiger partial charge on any atom is -0.356 e. The van der Waals surface area contributed by atoms with E-state index in [0.717, 1.165) is 25.5 Å². The average molecular weight is 396 g/mol. The molecule has 1 aromatic rings. The summed E-state index contributed by atoms with van der Waals surface area (Å²) in [6.07, 6.45) is 1.78. The zero-order valence-corrected chi connectivity index (χ0v) is 17.4. The molecule has 152 valence electrons. The lowest BCUT2D eigenvalue weighted by Gasteiger charge is -2.21. The van der Waals surface area contributed by atoms with Crippen molar-refractivity contribution < 1.29 is 8.42 Å². The van der Waals surface area contributed by atoms with Crippen molar-refractivity contribution in [1.82, 2.24) is 20.3 Å². The second kappa shape index (κ2) is 10.6. The van der Waals surface area contributed by atoms with E-state index in [2.05, 4.69) is 56.4 Å². The van der Waals surface area contributed by atoms with Crippen molar-refractivity contribution in [3.63, 3.8) is 0 Å². The van der Waals surface area contributed by atoms with Gasteiger partial charge in [-0.25, -0.2) is 13.1 Å². The van der Waals surface area contributed by atoms with E-state index in [-0.39, 0.29) is 5.75 Å². The number of rotatable bonds is 9. The maximum absolute atomic E-state index is 11.4. The first kappa shape index (κ1) is 21.7. The van der Waals surface area contributed by atoms with E-state index in [1.54, 1.807) is 14.0 Å². The Balaban J connectivity index is 1.71. The summed E-state index contributed by atoms with van der Waals surface area (Å²) in [4.78, 5) is 6.77. The largest absolute Gasteiger partial charge is 0.356 e. The predicted molar refractivity (Wildman–Crippen MR) is 111 cm³/mol. The molecular formula is C19H33N5O2S. The van der Waals surface area contributed by atoms with Gasteiger partial charge in [0.05, 0.1) is 5.75 Å². The predicted octanol–water partition coefficient (Wildman–Crippen LogP) is 1.14. The number of aliphatic imine (C=N–C) groups is 1. The molecule has 0 aliphatic carbocycles. The normalized spacial score (nSPS) is 21.4. The molecule has 1 aliphatic rings. The van der Waals surface area contributed by atoms with Crippen molar-refractivity contribution in [3.8, 4) is 0 Å². The third-order valence-electron chi connectivity index (χ3n) is 4.84. The van der Waals surface area contributed by atoms with Crippen LogP contribution in [0.25, 0.3) is 0 Å². The van der Waals surface area contributed by atoms with Gasteiger partial charge in [-0.05, 0) is 32.3 Å². The van der Waals surface area contributed by atoms with Gasteiger partial charge in [-0.3, -0.25) is 9.89 Å². The van der Waals surface area contributed by atoms with Crippen LogP contribution in [0.5, 0.6) is 0 Å². The molecule has 1 heterocycles. The topological polar surface area (TPSA) is 85.8 Å². The Morgan fingerprint density at radius 2 is 2.00 bits per heavy atom. The molecule has 27 heavy (non-hydrogen) atoms. The van der Waals surface area contributed by atoms with Gasteiger partial charge in [-0.15, -0.1) is 0 Å². The molecule has 8 heteroatoms. The molecule has 1 aromatic carbocycles. The van der Waals surface area contributed by atoms with Crippen LogP contribution in [-0.2, 0) is 16.6 Å². The number of sulfonamides is 1. The van der Waals surface area contributed by atoms with Crippen LogP contribution < -0.4 is 15.4 Å².